The number of aryl methyl sites for hydroxylation is 1. The average molecular weight is 181 g/mol. The molecule has 0 atom stereocenters. The van der Waals surface area contributed by atoms with Gasteiger partial charge in [0.25, 0.3) is 0 Å². The van der Waals surface area contributed by atoms with E-state index in [1.165, 1.54) is 17.4 Å². The molecule has 0 bridgehead atoms. The molecule has 0 aliphatic carbocycles. The molecule has 0 saturated heterocycles. The van der Waals surface area contributed by atoms with Crippen LogP contribution in [0.2, 0.25) is 0 Å². The molecule has 62 valence electrons. The molecule has 12 heavy (non-hydrogen) atoms. The maximum Gasteiger partial charge on any atom is 0.141 e. The van der Waals surface area contributed by atoms with Crippen molar-refractivity contribution in [3.63, 3.8) is 0 Å². The van der Waals surface area contributed by atoms with E-state index in [9.17, 15) is 4.39 Å². The van der Waals surface area contributed by atoms with Crippen molar-refractivity contribution in [1.82, 2.24) is 0 Å². The molecule has 1 aromatic carbocycles. The van der Waals surface area contributed by atoms with Gasteiger partial charge in [-0.1, -0.05) is 0 Å². The van der Waals surface area contributed by atoms with Crippen LogP contribution in [0.3, 0.4) is 0 Å². The molecule has 1 nitrogen and oxygen atoms in total. The summed E-state index contributed by atoms with van der Waals surface area (Å²) >= 11 is 1.40. The Hall–Kier alpha value is -1.09. The highest BCUT2D eigenvalue weighted by molar-refractivity contribution is 7.17. The molecule has 0 aliphatic heterocycles. The van der Waals surface area contributed by atoms with Crippen molar-refractivity contribution in [1.29, 1.82) is 0 Å². The summed E-state index contributed by atoms with van der Waals surface area (Å²) in [6, 6.07) is 3.02. The summed E-state index contributed by atoms with van der Waals surface area (Å²) in [5.74, 6) is -0.183. The largest absolute Gasteiger partial charge is 0.398 e. The number of nitrogen functional groups attached to an aromatic ring is 1. The Bertz CT molecular complexity index is 433. The quantitative estimate of drug-likeness (QED) is 0.621. The van der Waals surface area contributed by atoms with E-state index in [2.05, 4.69) is 0 Å². The fraction of sp³-hybridized carbons (Fsp3) is 0.111. The molecular weight excluding hydrogens is 173 g/mol. The highest BCUT2D eigenvalue weighted by Crippen LogP contribution is 2.31. The van der Waals surface area contributed by atoms with Crippen LogP contribution in [0, 0.1) is 12.7 Å². The van der Waals surface area contributed by atoms with Crippen molar-refractivity contribution in [3.05, 3.63) is 28.9 Å². The summed E-state index contributed by atoms with van der Waals surface area (Å²) < 4.78 is 13.8. The van der Waals surface area contributed by atoms with Gasteiger partial charge >= 0.3 is 0 Å². The van der Waals surface area contributed by atoms with Crippen molar-refractivity contribution in [3.8, 4) is 0 Å². The van der Waals surface area contributed by atoms with Crippen LogP contribution in [0.25, 0.3) is 10.1 Å². The van der Waals surface area contributed by atoms with E-state index in [-0.39, 0.29) is 5.82 Å². The van der Waals surface area contributed by atoms with Gasteiger partial charge in [-0.2, -0.15) is 0 Å². The lowest BCUT2D eigenvalue weighted by molar-refractivity contribution is 0.642. The summed E-state index contributed by atoms with van der Waals surface area (Å²) in [6.45, 7) is 1.94. The normalized spacial score (nSPS) is 10.8. The van der Waals surface area contributed by atoms with Gasteiger partial charge in [-0.3, -0.25) is 0 Å². The molecule has 2 aromatic rings. The number of hydrogen-bond donors (Lipinski definition) is 1. The Labute approximate surface area is 73.6 Å². The molecule has 1 aromatic heterocycles. The zero-order chi connectivity index (χ0) is 8.72. The van der Waals surface area contributed by atoms with Gasteiger partial charge in [-0.25, -0.2) is 4.39 Å². The van der Waals surface area contributed by atoms with Crippen molar-refractivity contribution in [2.75, 3.05) is 5.73 Å². The third-order valence-electron chi connectivity index (χ3n) is 1.89. The van der Waals surface area contributed by atoms with Crippen LogP contribution in [0.1, 0.15) is 5.56 Å². The van der Waals surface area contributed by atoms with Gasteiger partial charge in [0, 0.05) is 11.1 Å². The van der Waals surface area contributed by atoms with Gasteiger partial charge in [0.1, 0.15) is 5.82 Å². The van der Waals surface area contributed by atoms with Crippen LogP contribution < -0.4 is 5.73 Å². The SMILES string of the molecule is Cc1csc2c(F)ccc(N)c12. The summed E-state index contributed by atoms with van der Waals surface area (Å²) in [5.41, 5.74) is 7.42. The van der Waals surface area contributed by atoms with Crippen LogP contribution in [-0.4, -0.2) is 0 Å². The van der Waals surface area contributed by atoms with Gasteiger partial charge in [0.2, 0.25) is 0 Å². The second-order valence-electron chi connectivity index (χ2n) is 2.76. The number of hydrogen-bond acceptors (Lipinski definition) is 2. The lowest BCUT2D eigenvalue weighted by Gasteiger charge is -1.97. The Balaban J connectivity index is 2.98. The predicted octanol–water partition coefficient (Wildman–Crippen LogP) is 2.93. The Morgan fingerprint density at radius 2 is 2.17 bits per heavy atom. The van der Waals surface area contributed by atoms with Gasteiger partial charge in [0.05, 0.1) is 4.70 Å². The van der Waals surface area contributed by atoms with E-state index in [0.717, 1.165) is 10.9 Å². The second kappa shape index (κ2) is 2.45. The lowest BCUT2D eigenvalue weighted by atomic mass is 10.1. The van der Waals surface area contributed by atoms with Gasteiger partial charge < -0.3 is 5.73 Å². The van der Waals surface area contributed by atoms with E-state index < -0.39 is 0 Å². The highest BCUT2D eigenvalue weighted by Gasteiger charge is 2.07. The first-order valence-electron chi connectivity index (χ1n) is 3.62. The number of nitrogens with two attached hydrogens (primary N) is 1. The van der Waals surface area contributed by atoms with E-state index in [1.807, 2.05) is 12.3 Å². The maximum atomic E-state index is 13.1. The standard InChI is InChI=1S/C9H8FNS/c1-5-4-12-9-6(10)2-3-7(11)8(5)9/h2-4H,11H2,1H3. The number of benzene rings is 1. The van der Waals surface area contributed by atoms with Crippen molar-refractivity contribution < 1.29 is 4.39 Å². The van der Waals surface area contributed by atoms with Crippen LogP contribution in [0.5, 0.6) is 0 Å². The molecular formula is C9H8FNS. The van der Waals surface area contributed by atoms with Crippen molar-refractivity contribution in [2.45, 2.75) is 6.92 Å². The predicted molar refractivity (Wildman–Crippen MR) is 50.9 cm³/mol. The summed E-state index contributed by atoms with van der Waals surface area (Å²) in [5, 5.41) is 2.78. The summed E-state index contributed by atoms with van der Waals surface area (Å²) in [6.07, 6.45) is 0. The Kier molecular flexibility index (Phi) is 1.54. The first-order chi connectivity index (χ1) is 5.70. The molecule has 1 heterocycles. The minimum atomic E-state index is -0.183. The van der Waals surface area contributed by atoms with Crippen molar-refractivity contribution >= 4 is 27.1 Å². The monoisotopic (exact) mass is 181 g/mol. The molecule has 2 rings (SSSR count). The van der Waals surface area contributed by atoms with E-state index in [1.54, 1.807) is 6.07 Å². The first-order valence-corrected chi connectivity index (χ1v) is 4.50. The van der Waals surface area contributed by atoms with Crippen LogP contribution >= 0.6 is 11.3 Å². The number of rotatable bonds is 0. The molecule has 2 N–H and O–H groups in total. The van der Waals surface area contributed by atoms with E-state index in [4.69, 9.17) is 5.73 Å². The number of anilines is 1. The topological polar surface area (TPSA) is 26.0 Å². The summed E-state index contributed by atoms with van der Waals surface area (Å²) in [4.78, 5) is 0. The van der Waals surface area contributed by atoms with E-state index in [0.29, 0.717) is 10.4 Å². The van der Waals surface area contributed by atoms with Crippen LogP contribution in [-0.2, 0) is 0 Å². The third-order valence-corrected chi connectivity index (χ3v) is 3.00. The number of halogens is 1. The minimum absolute atomic E-state index is 0.183. The number of fused-ring (bicyclic) bond motifs is 1. The van der Waals surface area contributed by atoms with E-state index >= 15 is 0 Å². The zero-order valence-electron chi connectivity index (χ0n) is 6.60. The molecule has 0 fully saturated rings. The van der Waals surface area contributed by atoms with Crippen LogP contribution in [0.4, 0.5) is 10.1 Å². The third kappa shape index (κ3) is 0.898. The highest BCUT2D eigenvalue weighted by atomic mass is 32.1. The Morgan fingerprint density at radius 1 is 1.42 bits per heavy atom. The summed E-state index contributed by atoms with van der Waals surface area (Å²) in [7, 11) is 0. The number of thiophene rings is 1. The smallest absolute Gasteiger partial charge is 0.141 e. The van der Waals surface area contributed by atoms with Crippen LogP contribution in [0.15, 0.2) is 17.5 Å². The average Bonchev–Trinajstić information content (AvgIpc) is 2.42. The second-order valence-corrected chi connectivity index (χ2v) is 3.64. The molecule has 0 amide bonds. The minimum Gasteiger partial charge on any atom is -0.398 e. The molecule has 0 spiro atoms. The molecule has 0 saturated carbocycles. The molecule has 0 aliphatic rings. The van der Waals surface area contributed by atoms with Gasteiger partial charge in [0.15, 0.2) is 0 Å². The fourth-order valence-corrected chi connectivity index (χ4v) is 2.29. The van der Waals surface area contributed by atoms with Gasteiger partial charge in [-0.05, 0) is 30.0 Å². The zero-order valence-corrected chi connectivity index (χ0v) is 7.41. The Morgan fingerprint density at radius 3 is 2.83 bits per heavy atom. The molecule has 0 unspecified atom stereocenters. The lowest BCUT2D eigenvalue weighted by Crippen LogP contribution is -1.87. The first kappa shape index (κ1) is 7.55. The molecule has 0 radical (unpaired) electrons. The van der Waals surface area contributed by atoms with Crippen molar-refractivity contribution in [2.24, 2.45) is 0 Å². The molecule has 3 heteroatoms. The fourth-order valence-electron chi connectivity index (χ4n) is 1.30. The maximum absolute atomic E-state index is 13.1. The van der Waals surface area contributed by atoms with Gasteiger partial charge in [-0.15, -0.1) is 11.3 Å².